The van der Waals surface area contributed by atoms with Crippen molar-refractivity contribution in [3.8, 4) is 0 Å². The lowest BCUT2D eigenvalue weighted by Crippen LogP contribution is -2.38. The molecular formula is C16H20N4O2S. The molecule has 0 fully saturated rings. The highest BCUT2D eigenvalue weighted by Gasteiger charge is 2.04. The number of nitro benzene ring substituents is 1. The predicted octanol–water partition coefficient (Wildman–Crippen LogP) is 2.95. The minimum atomic E-state index is -0.400. The average Bonchev–Trinajstić information content (AvgIpc) is 3.06. The quantitative estimate of drug-likeness (QED) is 0.354. The molecule has 0 aliphatic heterocycles. The molecule has 2 rings (SSSR count). The second-order valence-corrected chi connectivity index (χ2v) is 5.91. The monoisotopic (exact) mass is 332 g/mol. The largest absolute Gasteiger partial charge is 0.357 e. The van der Waals surface area contributed by atoms with E-state index in [1.807, 2.05) is 13.0 Å². The summed E-state index contributed by atoms with van der Waals surface area (Å²) in [5.41, 5.74) is 1.03. The minimum Gasteiger partial charge on any atom is -0.357 e. The van der Waals surface area contributed by atoms with Crippen LogP contribution in [0.1, 0.15) is 17.4 Å². The maximum atomic E-state index is 10.6. The molecule has 2 N–H and O–H groups in total. The first-order valence-corrected chi connectivity index (χ1v) is 8.35. The van der Waals surface area contributed by atoms with Crippen LogP contribution >= 0.6 is 11.3 Å². The van der Waals surface area contributed by atoms with Crippen molar-refractivity contribution in [1.29, 1.82) is 0 Å². The highest BCUT2D eigenvalue weighted by atomic mass is 32.1. The Hall–Kier alpha value is -2.41. The number of hydrogen-bond donors (Lipinski definition) is 2. The van der Waals surface area contributed by atoms with Crippen molar-refractivity contribution in [2.75, 3.05) is 13.1 Å². The molecule has 0 unspecified atom stereocenters. The highest BCUT2D eigenvalue weighted by Crippen LogP contribution is 2.12. The van der Waals surface area contributed by atoms with Crippen molar-refractivity contribution in [2.45, 2.75) is 19.9 Å². The van der Waals surface area contributed by atoms with E-state index in [-0.39, 0.29) is 5.69 Å². The van der Waals surface area contributed by atoms with Crippen LogP contribution in [-0.2, 0) is 13.0 Å². The molecule has 1 aromatic carbocycles. The molecule has 0 saturated carbocycles. The van der Waals surface area contributed by atoms with E-state index >= 15 is 0 Å². The Kier molecular flexibility index (Phi) is 6.56. The number of hydrogen-bond acceptors (Lipinski definition) is 4. The standard InChI is InChI=1S/C16H20N4O2S/c1-2-17-16(18-10-9-15-4-3-11-23-15)19-12-13-5-7-14(8-6-13)20(21)22/h3-8,11H,2,9-10,12H2,1H3,(H2,17,18,19). The maximum absolute atomic E-state index is 10.6. The van der Waals surface area contributed by atoms with E-state index in [9.17, 15) is 10.1 Å². The molecule has 0 saturated heterocycles. The van der Waals surface area contributed by atoms with E-state index < -0.39 is 4.92 Å². The molecule has 2 aromatic rings. The molecule has 0 aliphatic carbocycles. The molecule has 6 nitrogen and oxygen atoms in total. The summed E-state index contributed by atoms with van der Waals surface area (Å²) in [5.74, 6) is 0.752. The second-order valence-electron chi connectivity index (χ2n) is 4.87. The van der Waals surface area contributed by atoms with Crippen molar-refractivity contribution in [2.24, 2.45) is 4.99 Å². The number of guanidine groups is 1. The van der Waals surface area contributed by atoms with E-state index in [2.05, 4.69) is 27.1 Å². The minimum absolute atomic E-state index is 0.0960. The van der Waals surface area contributed by atoms with Gasteiger partial charge in [0.05, 0.1) is 11.5 Å². The Morgan fingerprint density at radius 1 is 1.26 bits per heavy atom. The number of benzene rings is 1. The van der Waals surface area contributed by atoms with Gasteiger partial charge in [-0.25, -0.2) is 4.99 Å². The first-order valence-electron chi connectivity index (χ1n) is 7.47. The number of nitrogens with zero attached hydrogens (tertiary/aromatic N) is 2. The van der Waals surface area contributed by atoms with Gasteiger partial charge in [-0.05, 0) is 30.4 Å². The zero-order valence-corrected chi connectivity index (χ0v) is 13.8. The van der Waals surface area contributed by atoms with Gasteiger partial charge in [-0.1, -0.05) is 18.2 Å². The summed E-state index contributed by atoms with van der Waals surface area (Å²) in [7, 11) is 0. The predicted molar refractivity (Wildman–Crippen MR) is 93.9 cm³/mol. The number of non-ortho nitro benzene ring substituents is 1. The topological polar surface area (TPSA) is 79.6 Å². The van der Waals surface area contributed by atoms with Crippen LogP contribution in [0.2, 0.25) is 0 Å². The molecule has 0 aliphatic rings. The number of nitro groups is 1. The SMILES string of the molecule is CCNC(=NCc1ccc([N+](=O)[O-])cc1)NCCc1cccs1. The second kappa shape index (κ2) is 8.89. The third kappa shape index (κ3) is 5.71. The molecule has 23 heavy (non-hydrogen) atoms. The number of thiophene rings is 1. The van der Waals surface area contributed by atoms with Crippen molar-refractivity contribution in [3.63, 3.8) is 0 Å². The zero-order valence-electron chi connectivity index (χ0n) is 13.0. The van der Waals surface area contributed by atoms with E-state index in [0.29, 0.717) is 6.54 Å². The average molecular weight is 332 g/mol. The van der Waals surface area contributed by atoms with Gasteiger partial charge in [-0.3, -0.25) is 10.1 Å². The lowest BCUT2D eigenvalue weighted by Gasteiger charge is -2.10. The Bertz CT molecular complexity index is 639. The van der Waals surface area contributed by atoms with E-state index in [1.165, 1.54) is 17.0 Å². The van der Waals surface area contributed by atoms with Gasteiger partial charge in [0.25, 0.3) is 5.69 Å². The Morgan fingerprint density at radius 2 is 2.04 bits per heavy atom. The Morgan fingerprint density at radius 3 is 2.65 bits per heavy atom. The first kappa shape index (κ1) is 17.0. The van der Waals surface area contributed by atoms with Crippen LogP contribution in [0.3, 0.4) is 0 Å². The van der Waals surface area contributed by atoms with Crippen LogP contribution in [0.4, 0.5) is 5.69 Å². The first-order chi connectivity index (χ1) is 11.2. The zero-order chi connectivity index (χ0) is 16.5. The molecule has 1 aromatic heterocycles. The van der Waals surface area contributed by atoms with E-state index in [0.717, 1.165) is 31.0 Å². The number of rotatable bonds is 7. The summed E-state index contributed by atoms with van der Waals surface area (Å²) in [6, 6.07) is 10.6. The smallest absolute Gasteiger partial charge is 0.269 e. The van der Waals surface area contributed by atoms with Crippen LogP contribution in [0.15, 0.2) is 46.8 Å². The molecule has 0 bridgehead atoms. The van der Waals surface area contributed by atoms with Gasteiger partial charge in [-0.15, -0.1) is 11.3 Å². The van der Waals surface area contributed by atoms with Gasteiger partial charge >= 0.3 is 0 Å². The lowest BCUT2D eigenvalue weighted by molar-refractivity contribution is -0.384. The van der Waals surface area contributed by atoms with E-state index in [4.69, 9.17) is 0 Å². The Labute approximate surface area is 139 Å². The summed E-state index contributed by atoms with van der Waals surface area (Å²) in [4.78, 5) is 16.1. The lowest BCUT2D eigenvalue weighted by atomic mass is 10.2. The van der Waals surface area contributed by atoms with E-state index in [1.54, 1.807) is 23.5 Å². The van der Waals surface area contributed by atoms with Crippen molar-refractivity contribution >= 4 is 23.0 Å². The fourth-order valence-corrected chi connectivity index (χ4v) is 2.70. The van der Waals surface area contributed by atoms with Crippen LogP contribution in [0, 0.1) is 10.1 Å². The molecule has 1 heterocycles. The number of nitrogens with one attached hydrogen (secondary N) is 2. The van der Waals surface area contributed by atoms with Gasteiger partial charge in [0.2, 0.25) is 0 Å². The fourth-order valence-electron chi connectivity index (χ4n) is 1.99. The molecular weight excluding hydrogens is 312 g/mol. The summed E-state index contributed by atoms with van der Waals surface area (Å²) in [6.07, 6.45) is 0.958. The molecule has 0 atom stereocenters. The van der Waals surface area contributed by atoms with Crippen molar-refractivity contribution in [1.82, 2.24) is 10.6 Å². The molecule has 7 heteroatoms. The molecule has 122 valence electrons. The maximum Gasteiger partial charge on any atom is 0.269 e. The van der Waals surface area contributed by atoms with Gasteiger partial charge in [0.15, 0.2) is 5.96 Å². The highest BCUT2D eigenvalue weighted by molar-refractivity contribution is 7.09. The van der Waals surface area contributed by atoms with Gasteiger partial charge < -0.3 is 10.6 Å². The number of aliphatic imine (C=N–C) groups is 1. The normalized spacial score (nSPS) is 11.3. The third-order valence-electron chi connectivity index (χ3n) is 3.16. The van der Waals surface area contributed by atoms with Crippen molar-refractivity contribution in [3.05, 3.63) is 62.3 Å². The van der Waals surface area contributed by atoms with Crippen LogP contribution in [0.25, 0.3) is 0 Å². The summed E-state index contributed by atoms with van der Waals surface area (Å²) >= 11 is 1.75. The van der Waals surface area contributed by atoms with Gasteiger partial charge in [0, 0.05) is 30.1 Å². The summed E-state index contributed by atoms with van der Waals surface area (Å²) < 4.78 is 0. The van der Waals surface area contributed by atoms with Crippen molar-refractivity contribution < 1.29 is 4.92 Å². The molecule has 0 radical (unpaired) electrons. The summed E-state index contributed by atoms with van der Waals surface area (Å²) in [5, 5.41) is 19.2. The van der Waals surface area contributed by atoms with Crippen LogP contribution in [-0.4, -0.2) is 24.0 Å². The molecule has 0 amide bonds. The van der Waals surface area contributed by atoms with Gasteiger partial charge in [-0.2, -0.15) is 0 Å². The summed E-state index contributed by atoms with van der Waals surface area (Å²) in [6.45, 7) is 4.09. The third-order valence-corrected chi connectivity index (χ3v) is 4.09. The molecule has 0 spiro atoms. The van der Waals surface area contributed by atoms with Gasteiger partial charge in [0.1, 0.15) is 0 Å². The van der Waals surface area contributed by atoms with Crippen LogP contribution in [0.5, 0.6) is 0 Å². The Balaban J connectivity index is 1.88. The van der Waals surface area contributed by atoms with Crippen LogP contribution < -0.4 is 10.6 Å². The fraction of sp³-hybridized carbons (Fsp3) is 0.312.